The van der Waals surface area contributed by atoms with Crippen molar-refractivity contribution in [1.82, 2.24) is 9.80 Å². The minimum atomic E-state index is -0.128. The number of halogens is 1. The Labute approximate surface area is 162 Å². The average molecular weight is 422 g/mol. The summed E-state index contributed by atoms with van der Waals surface area (Å²) in [6.45, 7) is 8.90. The van der Waals surface area contributed by atoms with Gasteiger partial charge in [0.2, 0.25) is 5.91 Å². The van der Waals surface area contributed by atoms with Crippen LogP contribution in [0.15, 0.2) is 40.2 Å². The van der Waals surface area contributed by atoms with Crippen LogP contribution in [0.2, 0.25) is 0 Å². The van der Waals surface area contributed by atoms with Gasteiger partial charge in [-0.05, 0) is 58.9 Å². The van der Waals surface area contributed by atoms with Gasteiger partial charge in [-0.3, -0.25) is 14.6 Å². The molecule has 1 aromatic heterocycles. The number of aryl methyl sites for hydroxylation is 1. The minimum Gasteiger partial charge on any atom is -0.324 e. The Bertz CT molecular complexity index is 711. The molecule has 0 radical (unpaired) electrons. The Morgan fingerprint density at radius 1 is 1.28 bits per heavy atom. The van der Waals surface area contributed by atoms with Crippen molar-refractivity contribution in [2.24, 2.45) is 0 Å². The molecule has 1 fully saturated rings. The second kappa shape index (κ2) is 8.45. The Hall–Kier alpha value is -1.21. The number of rotatable bonds is 5. The Morgan fingerprint density at radius 2 is 2.04 bits per heavy atom. The predicted octanol–water partition coefficient (Wildman–Crippen LogP) is 3.96. The molecule has 4 nitrogen and oxygen atoms in total. The van der Waals surface area contributed by atoms with E-state index in [1.165, 1.54) is 10.4 Å². The fraction of sp³-hybridized carbons (Fsp3) is 0.421. The van der Waals surface area contributed by atoms with Crippen LogP contribution in [0, 0.1) is 6.92 Å². The van der Waals surface area contributed by atoms with Gasteiger partial charge in [0.15, 0.2) is 0 Å². The van der Waals surface area contributed by atoms with E-state index in [-0.39, 0.29) is 11.9 Å². The molecular weight excluding hydrogens is 398 g/mol. The maximum absolute atomic E-state index is 12.6. The van der Waals surface area contributed by atoms with Gasteiger partial charge in [-0.25, -0.2) is 0 Å². The maximum atomic E-state index is 12.6. The Morgan fingerprint density at radius 3 is 2.68 bits per heavy atom. The molecule has 134 valence electrons. The van der Waals surface area contributed by atoms with Gasteiger partial charge < -0.3 is 5.32 Å². The van der Waals surface area contributed by atoms with Crippen molar-refractivity contribution in [3.8, 4) is 0 Å². The summed E-state index contributed by atoms with van der Waals surface area (Å²) in [7, 11) is 0. The predicted molar refractivity (Wildman–Crippen MR) is 108 cm³/mol. The molecule has 1 amide bonds. The van der Waals surface area contributed by atoms with Gasteiger partial charge in [0.05, 0.1) is 11.7 Å². The van der Waals surface area contributed by atoms with E-state index in [0.717, 1.165) is 42.9 Å². The molecular formula is C19H24BrN3OS. The number of nitrogens with one attached hydrogen (secondary N) is 1. The first-order chi connectivity index (χ1) is 12.0. The summed E-state index contributed by atoms with van der Waals surface area (Å²) in [4.78, 5) is 18.7. The number of anilines is 1. The van der Waals surface area contributed by atoms with E-state index in [1.807, 2.05) is 43.4 Å². The molecule has 6 heteroatoms. The molecule has 1 aliphatic rings. The molecule has 1 aromatic carbocycles. The highest BCUT2D eigenvalue weighted by Gasteiger charge is 2.26. The fourth-order valence-electron chi connectivity index (χ4n) is 3.06. The first-order valence-electron chi connectivity index (χ1n) is 8.59. The average Bonchev–Trinajstić information content (AvgIpc) is 3.10. The maximum Gasteiger partial charge on any atom is 0.241 e. The first kappa shape index (κ1) is 18.6. The molecule has 0 saturated carbocycles. The van der Waals surface area contributed by atoms with Gasteiger partial charge in [0.1, 0.15) is 0 Å². The van der Waals surface area contributed by atoms with Crippen molar-refractivity contribution in [1.29, 1.82) is 0 Å². The van der Waals surface area contributed by atoms with E-state index in [9.17, 15) is 4.79 Å². The summed E-state index contributed by atoms with van der Waals surface area (Å²) in [6.07, 6.45) is 0. The van der Waals surface area contributed by atoms with Crippen molar-refractivity contribution in [3.05, 3.63) is 50.6 Å². The van der Waals surface area contributed by atoms with Crippen LogP contribution in [0.3, 0.4) is 0 Å². The molecule has 3 rings (SSSR count). The van der Waals surface area contributed by atoms with E-state index in [1.54, 1.807) is 0 Å². The van der Waals surface area contributed by atoms with Gasteiger partial charge in [-0.15, -0.1) is 11.3 Å². The molecule has 1 N–H and O–H groups in total. The van der Waals surface area contributed by atoms with Gasteiger partial charge in [-0.2, -0.15) is 0 Å². The number of carbonyl (C=O) groups excluding carboxylic acids is 1. The number of benzene rings is 1. The van der Waals surface area contributed by atoms with Crippen molar-refractivity contribution in [2.75, 3.05) is 31.5 Å². The number of hydrogen-bond acceptors (Lipinski definition) is 4. The molecule has 1 saturated heterocycles. The summed E-state index contributed by atoms with van der Waals surface area (Å²) < 4.78 is 0.925. The highest BCUT2D eigenvalue weighted by molar-refractivity contribution is 9.10. The quantitative estimate of drug-likeness (QED) is 0.792. The highest BCUT2D eigenvalue weighted by Crippen LogP contribution is 2.24. The lowest BCUT2D eigenvalue weighted by Gasteiger charge is -2.37. The van der Waals surface area contributed by atoms with E-state index < -0.39 is 0 Å². The summed E-state index contributed by atoms with van der Waals surface area (Å²) in [5.41, 5.74) is 2.00. The van der Waals surface area contributed by atoms with E-state index in [0.29, 0.717) is 0 Å². The second-order valence-corrected chi connectivity index (χ2v) is 8.43. The van der Waals surface area contributed by atoms with Crippen LogP contribution in [0.5, 0.6) is 0 Å². The minimum absolute atomic E-state index is 0.0521. The molecule has 1 aliphatic heterocycles. The number of piperazine rings is 1. The normalized spacial score (nSPS) is 17.4. The lowest BCUT2D eigenvalue weighted by molar-refractivity contribution is -0.121. The third-order valence-electron chi connectivity index (χ3n) is 4.68. The molecule has 0 bridgehead atoms. The summed E-state index contributed by atoms with van der Waals surface area (Å²) >= 11 is 5.33. The molecule has 25 heavy (non-hydrogen) atoms. The number of hydrogen-bond donors (Lipinski definition) is 1. The second-order valence-electron chi connectivity index (χ2n) is 6.54. The molecule has 0 spiro atoms. The van der Waals surface area contributed by atoms with Crippen molar-refractivity contribution < 1.29 is 4.79 Å². The SMILES string of the molecule is Cc1ccc(NC(=O)C(C)N2CCN(Cc3cccs3)CC2)c(Br)c1. The summed E-state index contributed by atoms with van der Waals surface area (Å²) in [6, 6.07) is 10.1. The zero-order valence-corrected chi connectivity index (χ0v) is 17.1. The largest absolute Gasteiger partial charge is 0.324 e. The van der Waals surface area contributed by atoms with Crippen molar-refractivity contribution in [2.45, 2.75) is 26.4 Å². The van der Waals surface area contributed by atoms with E-state index >= 15 is 0 Å². The van der Waals surface area contributed by atoms with Gasteiger partial charge in [0, 0.05) is 42.1 Å². The lowest BCUT2D eigenvalue weighted by atomic mass is 10.2. The third kappa shape index (κ3) is 4.91. The van der Waals surface area contributed by atoms with Crippen molar-refractivity contribution in [3.63, 3.8) is 0 Å². The number of nitrogens with zero attached hydrogens (tertiary/aromatic N) is 2. The third-order valence-corrected chi connectivity index (χ3v) is 6.19. The van der Waals surface area contributed by atoms with E-state index in [2.05, 4.69) is 48.6 Å². The van der Waals surface area contributed by atoms with Gasteiger partial charge in [-0.1, -0.05) is 12.1 Å². The molecule has 0 aliphatic carbocycles. The van der Waals surface area contributed by atoms with E-state index in [4.69, 9.17) is 0 Å². The monoisotopic (exact) mass is 421 g/mol. The van der Waals surface area contributed by atoms with Gasteiger partial charge >= 0.3 is 0 Å². The molecule has 1 unspecified atom stereocenters. The van der Waals surface area contributed by atoms with Crippen LogP contribution in [-0.2, 0) is 11.3 Å². The number of carbonyl (C=O) groups is 1. The van der Waals surface area contributed by atoms with Crippen LogP contribution in [0.25, 0.3) is 0 Å². The van der Waals surface area contributed by atoms with Crippen LogP contribution in [-0.4, -0.2) is 47.9 Å². The van der Waals surface area contributed by atoms with Crippen LogP contribution in [0.1, 0.15) is 17.4 Å². The Balaban J connectivity index is 1.51. The molecule has 2 heterocycles. The van der Waals surface area contributed by atoms with Crippen LogP contribution < -0.4 is 5.32 Å². The standard InChI is InChI=1S/C19H24BrN3OS/c1-14-5-6-18(17(20)12-14)21-19(24)15(2)23-9-7-22(8-10-23)13-16-4-3-11-25-16/h3-6,11-12,15H,7-10,13H2,1-2H3,(H,21,24). The van der Waals surface area contributed by atoms with Crippen LogP contribution in [0.4, 0.5) is 5.69 Å². The zero-order chi connectivity index (χ0) is 17.8. The van der Waals surface area contributed by atoms with Crippen LogP contribution >= 0.6 is 27.3 Å². The topological polar surface area (TPSA) is 35.6 Å². The summed E-state index contributed by atoms with van der Waals surface area (Å²) in [5, 5.41) is 5.17. The molecule has 1 atom stereocenters. The lowest BCUT2D eigenvalue weighted by Crippen LogP contribution is -2.52. The highest BCUT2D eigenvalue weighted by atomic mass is 79.9. The summed E-state index contributed by atoms with van der Waals surface area (Å²) in [5.74, 6) is 0.0521. The van der Waals surface area contributed by atoms with Crippen molar-refractivity contribution >= 4 is 38.9 Å². The Kier molecular flexibility index (Phi) is 6.28. The van der Waals surface area contributed by atoms with Gasteiger partial charge in [0.25, 0.3) is 0 Å². The zero-order valence-electron chi connectivity index (χ0n) is 14.7. The number of thiophene rings is 1. The number of amides is 1. The first-order valence-corrected chi connectivity index (χ1v) is 10.3. The molecule has 2 aromatic rings. The fourth-order valence-corrected chi connectivity index (χ4v) is 4.39. The smallest absolute Gasteiger partial charge is 0.241 e.